The van der Waals surface area contributed by atoms with Crippen LogP contribution >= 0.6 is 0 Å². The third-order valence-electron chi connectivity index (χ3n) is 2.20. The number of hydrogen-bond acceptors (Lipinski definition) is 4. The summed E-state index contributed by atoms with van der Waals surface area (Å²) in [7, 11) is -2.39. The van der Waals surface area contributed by atoms with Crippen molar-refractivity contribution in [3.63, 3.8) is 0 Å². The van der Waals surface area contributed by atoms with E-state index in [0.29, 0.717) is 6.54 Å². The van der Waals surface area contributed by atoms with Gasteiger partial charge >= 0.3 is 6.18 Å². The van der Waals surface area contributed by atoms with Gasteiger partial charge in [-0.05, 0) is 20.0 Å². The Balaban J connectivity index is 2.64. The number of alkyl halides is 3. The molecule has 0 radical (unpaired) electrons. The summed E-state index contributed by atoms with van der Waals surface area (Å²) in [6, 6.07) is 0. The van der Waals surface area contributed by atoms with E-state index in [2.05, 4.69) is 10.4 Å². The third-order valence-corrected chi connectivity index (χ3v) is 3.55. The van der Waals surface area contributed by atoms with E-state index in [0.717, 1.165) is 19.2 Å². The molecule has 0 atom stereocenters. The minimum atomic E-state index is -4.59. The minimum Gasteiger partial charge on any atom is -0.320 e. The molecule has 0 aliphatic heterocycles. The van der Waals surface area contributed by atoms with Crippen molar-refractivity contribution in [2.45, 2.75) is 24.0 Å². The number of nitrogens with one attached hydrogen (secondary N) is 2. The molecular formula is C9H15F3N4O2S. The molecule has 0 aliphatic carbocycles. The molecule has 0 amide bonds. The Hall–Kier alpha value is -1.13. The highest BCUT2D eigenvalue weighted by atomic mass is 32.2. The van der Waals surface area contributed by atoms with Gasteiger partial charge in [-0.3, -0.25) is 4.68 Å². The molecule has 1 aromatic rings. The number of sulfonamides is 1. The van der Waals surface area contributed by atoms with Gasteiger partial charge in [0.2, 0.25) is 10.0 Å². The fraction of sp³-hybridized carbons (Fsp3) is 0.667. The van der Waals surface area contributed by atoms with Crippen LogP contribution in [-0.4, -0.2) is 44.5 Å². The smallest absolute Gasteiger partial charge is 0.320 e. The van der Waals surface area contributed by atoms with E-state index < -0.39 is 22.7 Å². The first kappa shape index (κ1) is 15.9. The van der Waals surface area contributed by atoms with Crippen molar-refractivity contribution in [2.24, 2.45) is 0 Å². The fourth-order valence-corrected chi connectivity index (χ4v) is 2.25. The van der Waals surface area contributed by atoms with E-state index in [1.165, 1.54) is 15.6 Å². The number of hydrogen-bond donors (Lipinski definition) is 2. The van der Waals surface area contributed by atoms with Crippen LogP contribution in [0.5, 0.6) is 0 Å². The standard InChI is InChI=1S/C9H15F3N4O2S/c1-13-3-2-4-16-6-8(5-14-16)19(17,18)15-7-9(10,11)12/h5-6,13,15H,2-4,7H2,1H3. The highest BCUT2D eigenvalue weighted by Crippen LogP contribution is 2.14. The van der Waals surface area contributed by atoms with Crippen LogP contribution in [0.1, 0.15) is 6.42 Å². The summed E-state index contributed by atoms with van der Waals surface area (Å²) in [5.41, 5.74) is 0. The lowest BCUT2D eigenvalue weighted by Crippen LogP contribution is -2.33. The predicted molar refractivity (Wildman–Crippen MR) is 62.0 cm³/mol. The van der Waals surface area contributed by atoms with Gasteiger partial charge < -0.3 is 5.32 Å². The number of aryl methyl sites for hydroxylation is 1. The van der Waals surface area contributed by atoms with Gasteiger partial charge in [0.1, 0.15) is 11.4 Å². The van der Waals surface area contributed by atoms with Gasteiger partial charge in [0.15, 0.2) is 0 Å². The van der Waals surface area contributed by atoms with Gasteiger partial charge in [0.05, 0.1) is 6.20 Å². The van der Waals surface area contributed by atoms with Gasteiger partial charge in [0, 0.05) is 12.7 Å². The lowest BCUT2D eigenvalue weighted by molar-refractivity contribution is -0.121. The van der Waals surface area contributed by atoms with Crippen LogP contribution in [0.3, 0.4) is 0 Å². The summed E-state index contributed by atoms with van der Waals surface area (Å²) in [6.07, 6.45) is -1.63. The van der Waals surface area contributed by atoms with Crippen molar-refractivity contribution in [1.82, 2.24) is 19.8 Å². The quantitative estimate of drug-likeness (QED) is 0.712. The van der Waals surface area contributed by atoms with Crippen LogP contribution < -0.4 is 10.0 Å². The van der Waals surface area contributed by atoms with Gasteiger partial charge in [-0.1, -0.05) is 0 Å². The highest BCUT2D eigenvalue weighted by molar-refractivity contribution is 7.89. The monoisotopic (exact) mass is 300 g/mol. The molecule has 0 aromatic carbocycles. The van der Waals surface area contributed by atoms with E-state index in [-0.39, 0.29) is 4.90 Å². The molecular weight excluding hydrogens is 285 g/mol. The van der Waals surface area contributed by atoms with Crippen molar-refractivity contribution >= 4 is 10.0 Å². The topological polar surface area (TPSA) is 76.0 Å². The Morgan fingerprint density at radius 2 is 2.11 bits per heavy atom. The normalized spacial score (nSPS) is 12.8. The maximum Gasteiger partial charge on any atom is 0.402 e. The number of nitrogens with zero attached hydrogens (tertiary/aromatic N) is 2. The molecule has 0 saturated carbocycles. The van der Waals surface area contributed by atoms with Crippen molar-refractivity contribution in [1.29, 1.82) is 0 Å². The largest absolute Gasteiger partial charge is 0.402 e. The summed E-state index contributed by atoms with van der Waals surface area (Å²) in [5.74, 6) is 0. The molecule has 1 aromatic heterocycles. The van der Waals surface area contributed by atoms with E-state index in [4.69, 9.17) is 0 Å². The third kappa shape index (κ3) is 5.57. The number of rotatable bonds is 7. The molecule has 110 valence electrons. The molecule has 0 unspecified atom stereocenters. The van der Waals surface area contributed by atoms with E-state index >= 15 is 0 Å². The Kier molecular flexibility index (Phi) is 5.32. The van der Waals surface area contributed by atoms with Gasteiger partial charge in [0.25, 0.3) is 0 Å². The first-order valence-corrected chi connectivity index (χ1v) is 6.96. The van der Waals surface area contributed by atoms with Crippen LogP contribution in [0, 0.1) is 0 Å². The average molecular weight is 300 g/mol. The zero-order valence-electron chi connectivity index (χ0n) is 10.2. The second-order valence-electron chi connectivity index (χ2n) is 3.84. The van der Waals surface area contributed by atoms with E-state index in [1.54, 1.807) is 7.05 Å². The Labute approximate surface area is 109 Å². The number of aromatic nitrogens is 2. The molecule has 6 nitrogen and oxygen atoms in total. The van der Waals surface area contributed by atoms with E-state index in [9.17, 15) is 21.6 Å². The lowest BCUT2D eigenvalue weighted by Gasteiger charge is -2.07. The number of halogens is 3. The molecule has 19 heavy (non-hydrogen) atoms. The Morgan fingerprint density at radius 3 is 2.68 bits per heavy atom. The van der Waals surface area contributed by atoms with Crippen molar-refractivity contribution < 1.29 is 21.6 Å². The molecule has 0 spiro atoms. The molecule has 0 fully saturated rings. The lowest BCUT2D eigenvalue weighted by atomic mass is 10.4. The van der Waals surface area contributed by atoms with Crippen LogP contribution in [0.2, 0.25) is 0 Å². The van der Waals surface area contributed by atoms with Gasteiger partial charge in [-0.15, -0.1) is 0 Å². The first-order valence-electron chi connectivity index (χ1n) is 5.48. The molecule has 10 heteroatoms. The molecule has 1 heterocycles. The molecule has 1 rings (SSSR count). The van der Waals surface area contributed by atoms with Crippen molar-refractivity contribution in [2.75, 3.05) is 20.1 Å². The Bertz CT molecular complexity index is 498. The summed E-state index contributed by atoms with van der Waals surface area (Å²) in [5, 5.41) is 6.70. The van der Waals surface area contributed by atoms with Gasteiger partial charge in [-0.2, -0.15) is 18.3 Å². The van der Waals surface area contributed by atoms with Crippen LogP contribution in [0.4, 0.5) is 13.2 Å². The molecule has 2 N–H and O–H groups in total. The van der Waals surface area contributed by atoms with Crippen LogP contribution in [0.25, 0.3) is 0 Å². The molecule has 0 saturated heterocycles. The maximum absolute atomic E-state index is 12.0. The zero-order chi connectivity index (χ0) is 14.5. The fourth-order valence-electron chi connectivity index (χ4n) is 1.28. The first-order chi connectivity index (χ1) is 8.74. The summed E-state index contributed by atoms with van der Waals surface area (Å²) in [6.45, 7) is -0.385. The SMILES string of the molecule is CNCCCn1cc(S(=O)(=O)NCC(F)(F)F)cn1. The molecule has 0 bridgehead atoms. The van der Waals surface area contributed by atoms with Crippen LogP contribution in [0.15, 0.2) is 17.3 Å². The van der Waals surface area contributed by atoms with Crippen molar-refractivity contribution in [3.8, 4) is 0 Å². The van der Waals surface area contributed by atoms with E-state index in [1.807, 2.05) is 0 Å². The molecule has 0 aliphatic rings. The minimum absolute atomic E-state index is 0.277. The van der Waals surface area contributed by atoms with Crippen molar-refractivity contribution in [3.05, 3.63) is 12.4 Å². The summed E-state index contributed by atoms with van der Waals surface area (Å²) < 4.78 is 61.8. The van der Waals surface area contributed by atoms with Crippen LogP contribution in [-0.2, 0) is 16.6 Å². The average Bonchev–Trinajstić information content (AvgIpc) is 2.76. The summed E-state index contributed by atoms with van der Waals surface area (Å²) >= 11 is 0. The zero-order valence-corrected chi connectivity index (χ0v) is 11.1. The second-order valence-corrected chi connectivity index (χ2v) is 5.60. The summed E-state index contributed by atoms with van der Waals surface area (Å²) in [4.78, 5) is -0.277. The second kappa shape index (κ2) is 6.35. The Morgan fingerprint density at radius 1 is 1.42 bits per heavy atom. The maximum atomic E-state index is 12.0. The van der Waals surface area contributed by atoms with Gasteiger partial charge in [-0.25, -0.2) is 13.1 Å². The highest BCUT2D eigenvalue weighted by Gasteiger charge is 2.30. The predicted octanol–water partition coefficient (Wildman–Crippen LogP) is 0.333.